The number of hydrogen-bond donors (Lipinski definition) is 0. The molecule has 0 saturated carbocycles. The van der Waals surface area contributed by atoms with E-state index in [0.29, 0.717) is 0 Å². The van der Waals surface area contributed by atoms with Crippen LogP contribution in [0.1, 0.15) is 18.1 Å². The third kappa shape index (κ3) is 3.47. The highest BCUT2D eigenvalue weighted by molar-refractivity contribution is 9.08. The Labute approximate surface area is 97.3 Å². The molecule has 0 fully saturated rings. The highest BCUT2D eigenvalue weighted by Crippen LogP contribution is 2.22. The number of rotatable bonds is 4. The Balaban J connectivity index is 2.90. The van der Waals surface area contributed by atoms with Crippen LogP contribution in [0.25, 0.3) is 0 Å². The van der Waals surface area contributed by atoms with Gasteiger partial charge < -0.3 is 4.74 Å². The SMILES string of the molecule is C=Nc1ccc(CBr)cc1COC(C)=O. The van der Waals surface area contributed by atoms with Crippen molar-refractivity contribution in [3.8, 4) is 0 Å². The van der Waals surface area contributed by atoms with Crippen LogP contribution in [-0.2, 0) is 21.5 Å². The quantitative estimate of drug-likeness (QED) is 0.479. The molecule has 0 atom stereocenters. The molecule has 15 heavy (non-hydrogen) atoms. The number of aliphatic imine (C=N–C) groups is 1. The van der Waals surface area contributed by atoms with Crippen molar-refractivity contribution in [2.45, 2.75) is 18.9 Å². The average molecular weight is 270 g/mol. The minimum absolute atomic E-state index is 0.241. The van der Waals surface area contributed by atoms with E-state index in [1.807, 2.05) is 18.2 Å². The van der Waals surface area contributed by atoms with E-state index in [-0.39, 0.29) is 12.6 Å². The van der Waals surface area contributed by atoms with E-state index in [1.165, 1.54) is 6.92 Å². The molecule has 0 spiro atoms. The number of halogens is 1. The number of benzene rings is 1. The van der Waals surface area contributed by atoms with Crippen LogP contribution in [-0.4, -0.2) is 12.7 Å². The van der Waals surface area contributed by atoms with Gasteiger partial charge in [0.1, 0.15) is 6.61 Å². The second kappa shape index (κ2) is 5.66. The Kier molecular flexibility index (Phi) is 4.49. The van der Waals surface area contributed by atoms with Crippen molar-refractivity contribution in [2.24, 2.45) is 4.99 Å². The minimum Gasteiger partial charge on any atom is -0.461 e. The topological polar surface area (TPSA) is 38.7 Å². The van der Waals surface area contributed by atoms with Gasteiger partial charge >= 0.3 is 5.97 Å². The van der Waals surface area contributed by atoms with Gasteiger partial charge in [0.15, 0.2) is 0 Å². The lowest BCUT2D eigenvalue weighted by Crippen LogP contribution is -1.99. The van der Waals surface area contributed by atoms with E-state index in [1.54, 1.807) is 0 Å². The maximum absolute atomic E-state index is 10.7. The van der Waals surface area contributed by atoms with Crippen LogP contribution in [0.3, 0.4) is 0 Å². The van der Waals surface area contributed by atoms with Crippen LogP contribution in [0.15, 0.2) is 23.2 Å². The van der Waals surface area contributed by atoms with Crippen molar-refractivity contribution in [1.29, 1.82) is 0 Å². The van der Waals surface area contributed by atoms with Gasteiger partial charge in [0, 0.05) is 17.8 Å². The lowest BCUT2D eigenvalue weighted by molar-refractivity contribution is -0.142. The van der Waals surface area contributed by atoms with E-state index in [4.69, 9.17) is 4.74 Å². The predicted octanol–water partition coefficient (Wildman–Crippen LogP) is 2.98. The van der Waals surface area contributed by atoms with Gasteiger partial charge in [-0.15, -0.1) is 0 Å². The minimum atomic E-state index is -0.297. The number of alkyl halides is 1. The van der Waals surface area contributed by atoms with Gasteiger partial charge in [-0.05, 0) is 24.4 Å². The van der Waals surface area contributed by atoms with E-state index < -0.39 is 0 Å². The molecule has 0 bridgehead atoms. The highest BCUT2D eigenvalue weighted by Gasteiger charge is 2.04. The van der Waals surface area contributed by atoms with Crippen LogP contribution < -0.4 is 0 Å². The summed E-state index contributed by atoms with van der Waals surface area (Å²) in [6, 6.07) is 5.76. The van der Waals surface area contributed by atoms with Crippen molar-refractivity contribution in [3.63, 3.8) is 0 Å². The molecule has 1 rings (SSSR count). The normalized spacial score (nSPS) is 9.73. The number of carbonyl (C=O) groups excluding carboxylic acids is 1. The zero-order valence-electron chi connectivity index (χ0n) is 8.50. The standard InChI is InChI=1S/C11H12BrNO2/c1-8(14)15-7-10-5-9(6-12)3-4-11(10)13-2/h3-5H,2,6-7H2,1H3. The van der Waals surface area contributed by atoms with E-state index >= 15 is 0 Å². The molecule has 0 aliphatic carbocycles. The van der Waals surface area contributed by atoms with Crippen LogP contribution in [0.2, 0.25) is 0 Å². The maximum atomic E-state index is 10.7. The molecule has 1 aromatic carbocycles. The molecule has 0 aromatic heterocycles. The third-order valence-corrected chi connectivity index (χ3v) is 2.55. The van der Waals surface area contributed by atoms with E-state index in [2.05, 4.69) is 27.6 Å². The van der Waals surface area contributed by atoms with Crippen molar-refractivity contribution in [1.82, 2.24) is 0 Å². The zero-order valence-corrected chi connectivity index (χ0v) is 10.1. The lowest BCUT2D eigenvalue weighted by Gasteiger charge is -2.07. The first-order valence-electron chi connectivity index (χ1n) is 4.45. The largest absolute Gasteiger partial charge is 0.461 e. The predicted molar refractivity (Wildman–Crippen MR) is 63.8 cm³/mol. The average Bonchev–Trinajstić information content (AvgIpc) is 2.25. The Bertz CT molecular complexity index is 377. The molecule has 0 radical (unpaired) electrons. The Morgan fingerprint density at radius 3 is 2.87 bits per heavy atom. The number of nitrogens with zero attached hydrogens (tertiary/aromatic N) is 1. The molecule has 0 unspecified atom stereocenters. The molecule has 1 aromatic rings. The van der Waals surface area contributed by atoms with Crippen LogP contribution >= 0.6 is 15.9 Å². The summed E-state index contributed by atoms with van der Waals surface area (Å²) >= 11 is 3.36. The summed E-state index contributed by atoms with van der Waals surface area (Å²) < 4.78 is 4.93. The Hall–Kier alpha value is -1.16. The summed E-state index contributed by atoms with van der Waals surface area (Å²) in [5.41, 5.74) is 2.74. The Morgan fingerprint density at radius 2 is 2.33 bits per heavy atom. The first-order chi connectivity index (χ1) is 7.17. The zero-order chi connectivity index (χ0) is 11.3. The molecule has 4 heteroatoms. The van der Waals surface area contributed by atoms with Crippen molar-refractivity contribution >= 4 is 34.3 Å². The van der Waals surface area contributed by atoms with Crippen molar-refractivity contribution in [2.75, 3.05) is 0 Å². The summed E-state index contributed by atoms with van der Waals surface area (Å²) in [5, 5.41) is 0.761. The fraction of sp³-hybridized carbons (Fsp3) is 0.273. The first-order valence-corrected chi connectivity index (χ1v) is 5.57. The van der Waals surface area contributed by atoms with Gasteiger partial charge in [0.05, 0.1) is 5.69 Å². The van der Waals surface area contributed by atoms with E-state index in [0.717, 1.165) is 22.1 Å². The monoisotopic (exact) mass is 269 g/mol. The van der Waals surface area contributed by atoms with Gasteiger partial charge in [-0.1, -0.05) is 22.0 Å². The molecule has 0 aliphatic rings. The Morgan fingerprint density at radius 1 is 1.60 bits per heavy atom. The molecule has 0 aliphatic heterocycles. The third-order valence-electron chi connectivity index (χ3n) is 1.90. The second-order valence-corrected chi connectivity index (χ2v) is 3.60. The van der Waals surface area contributed by atoms with Gasteiger partial charge in [0.25, 0.3) is 0 Å². The summed E-state index contributed by atoms with van der Waals surface area (Å²) in [6.07, 6.45) is 0. The van der Waals surface area contributed by atoms with Crippen LogP contribution in [0.5, 0.6) is 0 Å². The highest BCUT2D eigenvalue weighted by atomic mass is 79.9. The first kappa shape index (κ1) is 11.9. The fourth-order valence-electron chi connectivity index (χ4n) is 1.17. The molecular formula is C11H12BrNO2. The number of carbonyl (C=O) groups is 1. The number of esters is 1. The molecule has 0 N–H and O–H groups in total. The molecular weight excluding hydrogens is 258 g/mol. The van der Waals surface area contributed by atoms with Crippen molar-refractivity contribution < 1.29 is 9.53 Å². The molecule has 80 valence electrons. The summed E-state index contributed by atoms with van der Waals surface area (Å²) in [7, 11) is 0. The van der Waals surface area contributed by atoms with E-state index in [9.17, 15) is 4.79 Å². The van der Waals surface area contributed by atoms with Crippen molar-refractivity contribution in [3.05, 3.63) is 29.3 Å². The number of ether oxygens (including phenoxy) is 1. The second-order valence-electron chi connectivity index (χ2n) is 3.04. The summed E-state index contributed by atoms with van der Waals surface area (Å²) in [4.78, 5) is 14.6. The lowest BCUT2D eigenvalue weighted by atomic mass is 10.1. The van der Waals surface area contributed by atoms with Gasteiger partial charge in [-0.3, -0.25) is 9.79 Å². The van der Waals surface area contributed by atoms with Crippen LogP contribution in [0, 0.1) is 0 Å². The molecule has 0 amide bonds. The van der Waals surface area contributed by atoms with Gasteiger partial charge in [0.2, 0.25) is 0 Å². The van der Waals surface area contributed by atoms with Gasteiger partial charge in [-0.25, -0.2) is 0 Å². The maximum Gasteiger partial charge on any atom is 0.302 e. The summed E-state index contributed by atoms with van der Waals surface area (Å²) in [6.45, 7) is 5.10. The molecule has 3 nitrogen and oxygen atoms in total. The van der Waals surface area contributed by atoms with Gasteiger partial charge in [-0.2, -0.15) is 0 Å². The fourth-order valence-corrected chi connectivity index (χ4v) is 1.52. The van der Waals surface area contributed by atoms with Crippen LogP contribution in [0.4, 0.5) is 5.69 Å². The molecule has 0 heterocycles. The number of hydrogen-bond acceptors (Lipinski definition) is 3. The summed E-state index contributed by atoms with van der Waals surface area (Å²) in [5.74, 6) is -0.297. The molecule has 0 saturated heterocycles. The smallest absolute Gasteiger partial charge is 0.302 e.